The van der Waals surface area contributed by atoms with E-state index in [-0.39, 0.29) is 0 Å². The maximum Gasteiger partial charge on any atom is 0.0698 e. The Morgan fingerprint density at radius 2 is 2.11 bits per heavy atom. The third-order valence-corrected chi connectivity index (χ3v) is 3.83. The minimum Gasteiger partial charge on any atom is -0.380 e. The zero-order chi connectivity index (χ0) is 12.8. The molecule has 1 aliphatic rings. The Hall–Kier alpha value is -0.900. The van der Waals surface area contributed by atoms with Gasteiger partial charge in [-0.05, 0) is 36.9 Å². The number of piperidine rings is 1. The molecule has 0 amide bonds. The molecule has 1 heterocycles. The molecule has 1 aliphatic heterocycles. The van der Waals surface area contributed by atoms with Crippen LogP contribution >= 0.6 is 0 Å². The first-order chi connectivity index (χ1) is 8.83. The molecular formula is C15H24N2O. The van der Waals surface area contributed by atoms with Gasteiger partial charge in [-0.3, -0.25) is 0 Å². The van der Waals surface area contributed by atoms with Crippen LogP contribution in [0.1, 0.15) is 24.0 Å². The van der Waals surface area contributed by atoms with Crippen molar-refractivity contribution in [2.45, 2.75) is 31.9 Å². The van der Waals surface area contributed by atoms with E-state index in [2.05, 4.69) is 29.2 Å². The van der Waals surface area contributed by atoms with Crippen LogP contribution < -0.4 is 5.73 Å². The van der Waals surface area contributed by atoms with E-state index in [1.807, 2.05) is 7.11 Å². The van der Waals surface area contributed by atoms with Gasteiger partial charge in [0.25, 0.3) is 0 Å². The average Bonchev–Trinajstić information content (AvgIpc) is 2.45. The fourth-order valence-corrected chi connectivity index (χ4v) is 2.69. The largest absolute Gasteiger partial charge is 0.380 e. The summed E-state index contributed by atoms with van der Waals surface area (Å²) in [5, 5.41) is 0. The summed E-state index contributed by atoms with van der Waals surface area (Å²) in [6.45, 7) is 4.01. The van der Waals surface area contributed by atoms with Gasteiger partial charge in [0.1, 0.15) is 0 Å². The zero-order valence-electron chi connectivity index (χ0n) is 11.3. The molecule has 1 aromatic carbocycles. The Morgan fingerprint density at radius 1 is 1.33 bits per heavy atom. The van der Waals surface area contributed by atoms with Crippen LogP contribution in [0.4, 0.5) is 0 Å². The van der Waals surface area contributed by atoms with Crippen LogP contribution in [0, 0.1) is 0 Å². The number of ether oxygens (including phenoxy) is 1. The van der Waals surface area contributed by atoms with Crippen molar-refractivity contribution in [3.05, 3.63) is 35.4 Å². The minimum absolute atomic E-state index is 0.420. The summed E-state index contributed by atoms with van der Waals surface area (Å²) in [4.78, 5) is 2.50. The normalized spacial score (nSPS) is 21.1. The lowest BCUT2D eigenvalue weighted by Gasteiger charge is -2.32. The van der Waals surface area contributed by atoms with Gasteiger partial charge in [-0.2, -0.15) is 0 Å². The fraction of sp³-hybridized carbons (Fsp3) is 0.600. The first-order valence-electron chi connectivity index (χ1n) is 6.85. The summed E-state index contributed by atoms with van der Waals surface area (Å²) >= 11 is 0. The average molecular weight is 248 g/mol. The molecular weight excluding hydrogens is 224 g/mol. The number of likely N-dealkylation sites (tertiary alicyclic amines) is 1. The molecule has 0 aromatic heterocycles. The molecule has 1 saturated heterocycles. The second-order valence-electron chi connectivity index (χ2n) is 5.02. The summed E-state index contributed by atoms with van der Waals surface area (Å²) in [7, 11) is 1.82. The van der Waals surface area contributed by atoms with Gasteiger partial charge < -0.3 is 15.4 Å². The van der Waals surface area contributed by atoms with Crippen molar-refractivity contribution in [2.75, 3.05) is 26.7 Å². The van der Waals surface area contributed by atoms with E-state index in [9.17, 15) is 0 Å². The van der Waals surface area contributed by atoms with E-state index in [4.69, 9.17) is 10.5 Å². The summed E-state index contributed by atoms with van der Waals surface area (Å²) in [6, 6.07) is 8.49. The van der Waals surface area contributed by atoms with Crippen LogP contribution in [0.25, 0.3) is 0 Å². The maximum atomic E-state index is 5.77. The van der Waals surface area contributed by atoms with Gasteiger partial charge in [-0.1, -0.05) is 24.3 Å². The van der Waals surface area contributed by atoms with Crippen LogP contribution in [-0.4, -0.2) is 37.7 Å². The van der Waals surface area contributed by atoms with Crippen LogP contribution in [-0.2, 0) is 17.7 Å². The lowest BCUT2D eigenvalue weighted by atomic mass is 10.0. The molecule has 1 atom stereocenters. The van der Waals surface area contributed by atoms with Crippen molar-refractivity contribution >= 4 is 0 Å². The van der Waals surface area contributed by atoms with Crippen LogP contribution in [0.15, 0.2) is 24.3 Å². The van der Waals surface area contributed by atoms with Gasteiger partial charge in [0, 0.05) is 26.7 Å². The third kappa shape index (κ3) is 3.55. The second kappa shape index (κ2) is 6.88. The number of hydrogen-bond acceptors (Lipinski definition) is 3. The molecule has 0 saturated carbocycles. The Bertz CT molecular complexity index is 367. The lowest BCUT2D eigenvalue weighted by Crippen LogP contribution is -2.40. The van der Waals surface area contributed by atoms with Gasteiger partial charge >= 0.3 is 0 Å². The monoisotopic (exact) mass is 248 g/mol. The Morgan fingerprint density at radius 3 is 2.83 bits per heavy atom. The predicted octanol–water partition coefficient (Wildman–Crippen LogP) is 1.80. The Labute approximate surface area is 110 Å². The Balaban J connectivity index is 1.87. The smallest absolute Gasteiger partial charge is 0.0698 e. The molecule has 0 bridgehead atoms. The van der Waals surface area contributed by atoms with Crippen molar-refractivity contribution in [1.29, 1.82) is 0 Å². The number of hydrogen-bond donors (Lipinski definition) is 1. The topological polar surface area (TPSA) is 38.5 Å². The minimum atomic E-state index is 0.420. The van der Waals surface area contributed by atoms with Crippen molar-refractivity contribution < 1.29 is 4.74 Å². The summed E-state index contributed by atoms with van der Waals surface area (Å²) in [6.07, 6.45) is 3.95. The highest BCUT2D eigenvalue weighted by molar-refractivity contribution is 5.27. The standard InChI is InChI=1S/C15H24N2O/c1-18-15-7-4-9-17(12-15)10-8-13-5-2-3-6-14(13)11-16/h2-3,5-6,15H,4,7-12,16H2,1H3. The second-order valence-corrected chi connectivity index (χ2v) is 5.02. The van der Waals surface area contributed by atoms with Crippen molar-refractivity contribution in [2.24, 2.45) is 5.73 Å². The molecule has 100 valence electrons. The maximum absolute atomic E-state index is 5.77. The van der Waals surface area contributed by atoms with E-state index in [0.717, 1.165) is 19.5 Å². The van der Waals surface area contributed by atoms with Gasteiger partial charge in [-0.25, -0.2) is 0 Å². The summed E-state index contributed by atoms with van der Waals surface area (Å²) < 4.78 is 5.46. The van der Waals surface area contributed by atoms with E-state index in [1.54, 1.807) is 0 Å². The summed E-state index contributed by atoms with van der Waals surface area (Å²) in [5.74, 6) is 0. The van der Waals surface area contributed by atoms with Crippen molar-refractivity contribution in [1.82, 2.24) is 4.90 Å². The van der Waals surface area contributed by atoms with Crippen LogP contribution in [0.2, 0.25) is 0 Å². The number of nitrogens with two attached hydrogens (primary N) is 1. The molecule has 3 nitrogen and oxygen atoms in total. The van der Waals surface area contributed by atoms with E-state index >= 15 is 0 Å². The fourth-order valence-electron chi connectivity index (χ4n) is 2.69. The highest BCUT2D eigenvalue weighted by atomic mass is 16.5. The van der Waals surface area contributed by atoms with Crippen molar-refractivity contribution in [3.63, 3.8) is 0 Å². The van der Waals surface area contributed by atoms with E-state index in [1.165, 1.54) is 30.5 Å². The molecule has 18 heavy (non-hydrogen) atoms. The molecule has 3 heteroatoms. The first-order valence-corrected chi connectivity index (χ1v) is 6.85. The Kier molecular flexibility index (Phi) is 5.17. The van der Waals surface area contributed by atoms with Crippen LogP contribution in [0.5, 0.6) is 0 Å². The van der Waals surface area contributed by atoms with Gasteiger partial charge in [-0.15, -0.1) is 0 Å². The van der Waals surface area contributed by atoms with Crippen LogP contribution in [0.3, 0.4) is 0 Å². The number of nitrogens with zero attached hydrogens (tertiary/aromatic N) is 1. The molecule has 0 spiro atoms. The SMILES string of the molecule is COC1CCCN(CCc2ccccc2CN)C1. The van der Waals surface area contributed by atoms with Crippen molar-refractivity contribution in [3.8, 4) is 0 Å². The third-order valence-electron chi connectivity index (χ3n) is 3.83. The lowest BCUT2D eigenvalue weighted by molar-refractivity contribution is 0.0318. The first kappa shape index (κ1) is 13.5. The molecule has 1 fully saturated rings. The number of methoxy groups -OCH3 is 1. The highest BCUT2D eigenvalue weighted by Crippen LogP contribution is 2.14. The quantitative estimate of drug-likeness (QED) is 0.863. The van der Waals surface area contributed by atoms with Gasteiger partial charge in [0.05, 0.1) is 6.10 Å². The highest BCUT2D eigenvalue weighted by Gasteiger charge is 2.18. The number of benzene rings is 1. The van der Waals surface area contributed by atoms with Gasteiger partial charge in [0.15, 0.2) is 0 Å². The molecule has 1 unspecified atom stereocenters. The summed E-state index contributed by atoms with van der Waals surface area (Å²) in [5.41, 5.74) is 8.43. The van der Waals surface area contributed by atoms with Gasteiger partial charge in [0.2, 0.25) is 0 Å². The number of rotatable bonds is 5. The molecule has 0 radical (unpaired) electrons. The van der Waals surface area contributed by atoms with E-state index in [0.29, 0.717) is 12.6 Å². The van der Waals surface area contributed by atoms with E-state index < -0.39 is 0 Å². The molecule has 0 aliphatic carbocycles. The molecule has 1 aromatic rings. The molecule has 2 N–H and O–H groups in total. The predicted molar refractivity (Wildman–Crippen MR) is 74.5 cm³/mol. The zero-order valence-corrected chi connectivity index (χ0v) is 11.3. The molecule has 2 rings (SSSR count).